The molecule has 0 N–H and O–H groups in total. The highest BCUT2D eigenvalue weighted by atomic mass is 32.2. The average molecular weight is 250 g/mol. The van der Waals surface area contributed by atoms with Crippen molar-refractivity contribution in [2.75, 3.05) is 25.7 Å². The summed E-state index contributed by atoms with van der Waals surface area (Å²) in [4.78, 5) is 8.18. The summed E-state index contributed by atoms with van der Waals surface area (Å²) < 4.78 is 11.0. The largest absolute Gasteiger partial charge is 0.493 e. The molecule has 0 bridgehead atoms. The number of hydrogen-bond acceptors (Lipinski definition) is 5. The molecule has 0 aliphatic carbocycles. The van der Waals surface area contributed by atoms with E-state index in [9.17, 15) is 0 Å². The number of rotatable bonds is 5. The van der Waals surface area contributed by atoms with Gasteiger partial charge < -0.3 is 9.47 Å². The van der Waals surface area contributed by atoms with Crippen LogP contribution in [0.3, 0.4) is 0 Å². The lowest BCUT2D eigenvalue weighted by molar-refractivity contribution is 0.314. The maximum atomic E-state index is 5.67. The molecule has 0 aliphatic heterocycles. The van der Waals surface area contributed by atoms with Crippen molar-refractivity contribution in [1.29, 1.82) is 0 Å². The molecular formula is C12H14N2O2S. The molecule has 0 unspecified atom stereocenters. The number of methoxy groups -OCH3 is 1. The average Bonchev–Trinajstić information content (AvgIpc) is 2.38. The van der Waals surface area contributed by atoms with Gasteiger partial charge in [0, 0.05) is 23.4 Å². The smallest absolute Gasteiger partial charge is 0.163 e. The van der Waals surface area contributed by atoms with Crippen molar-refractivity contribution in [3.63, 3.8) is 0 Å². The molecule has 1 aromatic heterocycles. The Morgan fingerprint density at radius 1 is 1.29 bits per heavy atom. The first-order valence-electron chi connectivity index (χ1n) is 5.24. The van der Waals surface area contributed by atoms with Crippen LogP contribution >= 0.6 is 11.8 Å². The molecule has 0 amide bonds. The molecule has 1 heterocycles. The van der Waals surface area contributed by atoms with Crippen LogP contribution < -0.4 is 9.47 Å². The lowest BCUT2D eigenvalue weighted by Crippen LogP contribution is -2.01. The lowest BCUT2D eigenvalue weighted by Gasteiger charge is -2.11. The normalized spacial score (nSPS) is 10.5. The lowest BCUT2D eigenvalue weighted by atomic mass is 10.2. The molecular weight excluding hydrogens is 236 g/mol. The van der Waals surface area contributed by atoms with Crippen LogP contribution in [-0.4, -0.2) is 35.7 Å². The zero-order chi connectivity index (χ0) is 12.1. The molecule has 0 atom stereocenters. The van der Waals surface area contributed by atoms with Crippen molar-refractivity contribution < 1.29 is 9.47 Å². The van der Waals surface area contributed by atoms with Gasteiger partial charge >= 0.3 is 0 Å². The topological polar surface area (TPSA) is 44.2 Å². The van der Waals surface area contributed by atoms with Crippen LogP contribution in [0.2, 0.25) is 0 Å². The van der Waals surface area contributed by atoms with E-state index in [-0.39, 0.29) is 0 Å². The molecule has 2 rings (SSSR count). The van der Waals surface area contributed by atoms with Crippen LogP contribution in [0, 0.1) is 0 Å². The molecule has 1 aromatic carbocycles. The van der Waals surface area contributed by atoms with Crippen LogP contribution in [0.25, 0.3) is 10.9 Å². The standard InChI is InChI=1S/C12H14N2O2S/c1-15-11-5-9-7-13-8-14-10(9)6-12(11)16-3-4-17-2/h5-8H,3-4H2,1-2H3. The Bertz CT molecular complexity index is 505. The highest BCUT2D eigenvalue weighted by Gasteiger charge is 2.07. The van der Waals surface area contributed by atoms with Crippen LogP contribution in [-0.2, 0) is 0 Å². The summed E-state index contributed by atoms with van der Waals surface area (Å²) in [6, 6.07) is 3.78. The maximum Gasteiger partial charge on any atom is 0.163 e. The third-order valence-electron chi connectivity index (χ3n) is 2.34. The Morgan fingerprint density at radius 2 is 2.18 bits per heavy atom. The second-order valence-electron chi connectivity index (χ2n) is 3.43. The second kappa shape index (κ2) is 5.72. The Morgan fingerprint density at radius 3 is 2.94 bits per heavy atom. The SMILES string of the molecule is COc1cc2cncnc2cc1OCCSC. The molecule has 90 valence electrons. The zero-order valence-corrected chi connectivity index (χ0v) is 10.7. The minimum Gasteiger partial charge on any atom is -0.493 e. The van der Waals surface area contributed by atoms with Gasteiger partial charge in [-0.15, -0.1) is 0 Å². The molecule has 5 heteroatoms. The monoisotopic (exact) mass is 250 g/mol. The molecule has 0 saturated heterocycles. The van der Waals surface area contributed by atoms with Gasteiger partial charge in [-0.25, -0.2) is 9.97 Å². The Kier molecular flexibility index (Phi) is 4.03. The van der Waals surface area contributed by atoms with E-state index in [2.05, 4.69) is 9.97 Å². The highest BCUT2D eigenvalue weighted by molar-refractivity contribution is 7.98. The molecule has 17 heavy (non-hydrogen) atoms. The Balaban J connectivity index is 2.32. The number of ether oxygens (including phenoxy) is 2. The van der Waals surface area contributed by atoms with Gasteiger partial charge in [0.05, 0.1) is 19.2 Å². The van der Waals surface area contributed by atoms with E-state index < -0.39 is 0 Å². The Hall–Kier alpha value is -1.49. The van der Waals surface area contributed by atoms with E-state index in [1.165, 1.54) is 6.33 Å². The summed E-state index contributed by atoms with van der Waals surface area (Å²) >= 11 is 1.75. The minimum absolute atomic E-state index is 0.661. The molecule has 0 spiro atoms. The zero-order valence-electron chi connectivity index (χ0n) is 9.84. The van der Waals surface area contributed by atoms with E-state index in [0.717, 1.165) is 22.4 Å². The summed E-state index contributed by atoms with van der Waals surface area (Å²) in [6.45, 7) is 0.661. The number of hydrogen-bond donors (Lipinski definition) is 0. The number of thioether (sulfide) groups is 1. The third-order valence-corrected chi connectivity index (χ3v) is 2.91. The number of aromatic nitrogens is 2. The number of nitrogens with zero attached hydrogens (tertiary/aromatic N) is 2. The van der Waals surface area contributed by atoms with Crippen LogP contribution in [0.5, 0.6) is 11.5 Å². The maximum absolute atomic E-state index is 5.67. The van der Waals surface area contributed by atoms with Gasteiger partial charge in [-0.2, -0.15) is 11.8 Å². The van der Waals surface area contributed by atoms with Crippen molar-refractivity contribution in [2.45, 2.75) is 0 Å². The number of benzene rings is 1. The van der Waals surface area contributed by atoms with Crippen molar-refractivity contribution in [1.82, 2.24) is 9.97 Å². The third kappa shape index (κ3) is 2.79. The quantitative estimate of drug-likeness (QED) is 0.762. The van der Waals surface area contributed by atoms with E-state index in [1.54, 1.807) is 25.1 Å². The first-order chi connectivity index (χ1) is 8.35. The molecule has 0 saturated carbocycles. The molecule has 0 fully saturated rings. The van der Waals surface area contributed by atoms with Gasteiger partial charge in [-0.3, -0.25) is 0 Å². The van der Waals surface area contributed by atoms with Gasteiger partial charge in [0.15, 0.2) is 11.5 Å². The fraction of sp³-hybridized carbons (Fsp3) is 0.333. The summed E-state index contributed by atoms with van der Waals surface area (Å²) in [7, 11) is 1.63. The summed E-state index contributed by atoms with van der Waals surface area (Å²) in [5.74, 6) is 2.39. The van der Waals surface area contributed by atoms with Crippen molar-refractivity contribution in [3.8, 4) is 11.5 Å². The van der Waals surface area contributed by atoms with Gasteiger partial charge in [0.1, 0.15) is 6.33 Å². The van der Waals surface area contributed by atoms with Gasteiger partial charge in [0.25, 0.3) is 0 Å². The first kappa shape index (κ1) is 12.0. The molecule has 2 aromatic rings. The van der Waals surface area contributed by atoms with Crippen molar-refractivity contribution >= 4 is 22.7 Å². The fourth-order valence-corrected chi connectivity index (χ4v) is 1.75. The number of fused-ring (bicyclic) bond motifs is 1. The summed E-state index contributed by atoms with van der Waals surface area (Å²) in [6.07, 6.45) is 5.34. The summed E-state index contributed by atoms with van der Waals surface area (Å²) in [5, 5.41) is 0.946. The Labute approximate surface area is 104 Å². The van der Waals surface area contributed by atoms with Crippen LogP contribution in [0.1, 0.15) is 0 Å². The highest BCUT2D eigenvalue weighted by Crippen LogP contribution is 2.31. The van der Waals surface area contributed by atoms with Crippen LogP contribution in [0.4, 0.5) is 0 Å². The molecule has 0 aliphatic rings. The fourth-order valence-electron chi connectivity index (χ4n) is 1.50. The second-order valence-corrected chi connectivity index (χ2v) is 4.41. The predicted octanol–water partition coefficient (Wildman–Crippen LogP) is 2.38. The van der Waals surface area contributed by atoms with E-state index in [1.807, 2.05) is 18.4 Å². The van der Waals surface area contributed by atoms with E-state index in [0.29, 0.717) is 12.4 Å². The molecule has 4 nitrogen and oxygen atoms in total. The minimum atomic E-state index is 0.661. The summed E-state index contributed by atoms with van der Waals surface area (Å²) in [5.41, 5.74) is 0.861. The van der Waals surface area contributed by atoms with E-state index >= 15 is 0 Å². The van der Waals surface area contributed by atoms with Crippen molar-refractivity contribution in [3.05, 3.63) is 24.7 Å². The van der Waals surface area contributed by atoms with Gasteiger partial charge in [-0.1, -0.05) is 0 Å². The van der Waals surface area contributed by atoms with Gasteiger partial charge in [0.2, 0.25) is 0 Å². The molecule has 0 radical (unpaired) electrons. The van der Waals surface area contributed by atoms with Gasteiger partial charge in [-0.05, 0) is 12.3 Å². The van der Waals surface area contributed by atoms with Crippen LogP contribution in [0.15, 0.2) is 24.7 Å². The van der Waals surface area contributed by atoms with E-state index in [4.69, 9.17) is 9.47 Å². The predicted molar refractivity (Wildman–Crippen MR) is 70.0 cm³/mol. The van der Waals surface area contributed by atoms with Crippen molar-refractivity contribution in [2.24, 2.45) is 0 Å². The first-order valence-corrected chi connectivity index (χ1v) is 6.64.